The number of fused-ring (bicyclic) bond motifs is 1. The number of hydrogen-bond donors (Lipinski definition) is 1. The van der Waals surface area contributed by atoms with E-state index >= 15 is 0 Å². The van der Waals surface area contributed by atoms with Crippen LogP contribution < -0.4 is 10.1 Å². The van der Waals surface area contributed by atoms with Crippen LogP contribution in [-0.4, -0.2) is 96.0 Å². The van der Waals surface area contributed by atoms with Gasteiger partial charge in [-0.2, -0.15) is 0 Å². The van der Waals surface area contributed by atoms with Crippen molar-refractivity contribution in [3.8, 4) is 17.1 Å². The van der Waals surface area contributed by atoms with Crippen LogP contribution in [0.3, 0.4) is 0 Å². The molecular weight excluding hydrogens is 392 g/mol. The molecule has 5 rings (SSSR count). The zero-order valence-electron chi connectivity index (χ0n) is 16.6. The lowest BCUT2D eigenvalue weighted by atomic mass is 10.1. The molecule has 1 N–H and O–H groups in total. The summed E-state index contributed by atoms with van der Waals surface area (Å²) in [5, 5.41) is 15.3. The van der Waals surface area contributed by atoms with E-state index in [1.54, 1.807) is 16.7 Å². The largest absolute Gasteiger partial charge is 0.497 e. The lowest BCUT2D eigenvalue weighted by Gasteiger charge is -2.29. The number of tetrazole rings is 1. The molecule has 3 aliphatic rings. The average molecular weight is 416 g/mol. The van der Waals surface area contributed by atoms with Crippen molar-refractivity contribution in [2.24, 2.45) is 0 Å². The molecule has 4 unspecified atom stereocenters. The van der Waals surface area contributed by atoms with Gasteiger partial charge in [-0.3, -0.25) is 0 Å². The molecule has 0 spiro atoms. The maximum absolute atomic E-state index is 12.6. The Hall–Kier alpha value is -2.76. The number of benzene rings is 1. The topological polar surface area (TPSA) is 113 Å². The van der Waals surface area contributed by atoms with Gasteiger partial charge in [0.25, 0.3) is 0 Å². The van der Waals surface area contributed by atoms with Gasteiger partial charge < -0.3 is 29.2 Å². The normalized spacial score (nSPS) is 28.4. The van der Waals surface area contributed by atoms with E-state index in [0.717, 1.165) is 11.3 Å². The van der Waals surface area contributed by atoms with E-state index < -0.39 is 0 Å². The van der Waals surface area contributed by atoms with Gasteiger partial charge in [-0.25, -0.2) is 9.48 Å². The van der Waals surface area contributed by atoms with Crippen molar-refractivity contribution in [1.82, 2.24) is 30.4 Å². The minimum absolute atomic E-state index is 0.112. The molecule has 11 heteroatoms. The lowest BCUT2D eigenvalue weighted by molar-refractivity contribution is 0.0485. The minimum Gasteiger partial charge on any atom is -0.497 e. The fourth-order valence-corrected chi connectivity index (χ4v) is 4.20. The van der Waals surface area contributed by atoms with Crippen molar-refractivity contribution < 1.29 is 23.7 Å². The van der Waals surface area contributed by atoms with E-state index in [1.165, 1.54) is 0 Å². The summed E-state index contributed by atoms with van der Waals surface area (Å²) in [6.07, 6.45) is -0.491. The van der Waals surface area contributed by atoms with Gasteiger partial charge in [0.1, 0.15) is 24.0 Å². The first kappa shape index (κ1) is 19.2. The molecule has 11 nitrogen and oxygen atoms in total. The van der Waals surface area contributed by atoms with Gasteiger partial charge in [-0.05, 0) is 22.6 Å². The number of amides is 2. The highest BCUT2D eigenvalue weighted by molar-refractivity contribution is 5.74. The molecule has 3 aliphatic heterocycles. The summed E-state index contributed by atoms with van der Waals surface area (Å²) >= 11 is 0. The van der Waals surface area contributed by atoms with Crippen molar-refractivity contribution >= 4 is 6.03 Å². The maximum Gasteiger partial charge on any atom is 0.317 e. The van der Waals surface area contributed by atoms with Gasteiger partial charge in [0.2, 0.25) is 0 Å². The summed E-state index contributed by atoms with van der Waals surface area (Å²) in [5.41, 5.74) is 0.845. The first-order valence-electron chi connectivity index (χ1n) is 10.0. The van der Waals surface area contributed by atoms with Crippen LogP contribution in [0.4, 0.5) is 4.79 Å². The number of morpholine rings is 1. The van der Waals surface area contributed by atoms with Crippen LogP contribution in [0.15, 0.2) is 24.3 Å². The third kappa shape index (κ3) is 3.48. The van der Waals surface area contributed by atoms with E-state index in [0.29, 0.717) is 45.3 Å². The summed E-state index contributed by atoms with van der Waals surface area (Å²) in [5.74, 6) is 1.35. The predicted molar refractivity (Wildman–Crippen MR) is 103 cm³/mol. The number of ether oxygens (including phenoxy) is 4. The van der Waals surface area contributed by atoms with E-state index in [-0.39, 0.29) is 30.3 Å². The number of hydrogen-bond acceptors (Lipinski definition) is 8. The molecule has 0 bridgehead atoms. The second kappa shape index (κ2) is 8.17. The zero-order chi connectivity index (χ0) is 20.5. The van der Waals surface area contributed by atoms with Crippen LogP contribution in [0, 0.1) is 0 Å². The van der Waals surface area contributed by atoms with Gasteiger partial charge in [0, 0.05) is 18.7 Å². The van der Waals surface area contributed by atoms with Gasteiger partial charge in [-0.15, -0.1) is 5.10 Å². The molecule has 0 saturated carbocycles. The number of methoxy groups -OCH3 is 1. The molecule has 1 aromatic carbocycles. The lowest BCUT2D eigenvalue weighted by Crippen LogP contribution is -2.52. The number of aromatic nitrogens is 4. The Kier molecular flexibility index (Phi) is 5.23. The summed E-state index contributed by atoms with van der Waals surface area (Å²) < 4.78 is 24.4. The van der Waals surface area contributed by atoms with Crippen LogP contribution in [-0.2, 0) is 14.2 Å². The molecule has 1 aromatic heterocycles. The van der Waals surface area contributed by atoms with Crippen LogP contribution >= 0.6 is 0 Å². The third-order valence-electron chi connectivity index (χ3n) is 5.77. The second-order valence-electron chi connectivity index (χ2n) is 7.50. The standard InChI is InChI=1S/C19H24N6O5/c1-27-13-4-2-3-12(9-13)18-21-22-23-25(18)15-11-30-16-14(10-29-17(15)16)20-19(26)24-5-7-28-8-6-24/h2-4,9,14-17H,5-8,10-11H2,1H3,(H,20,26). The number of carbonyl (C=O) groups is 1. The van der Waals surface area contributed by atoms with Crippen molar-refractivity contribution in [2.75, 3.05) is 46.6 Å². The molecule has 3 saturated heterocycles. The second-order valence-corrected chi connectivity index (χ2v) is 7.50. The smallest absolute Gasteiger partial charge is 0.317 e. The van der Waals surface area contributed by atoms with E-state index in [2.05, 4.69) is 20.8 Å². The molecule has 160 valence electrons. The molecule has 4 heterocycles. The first-order valence-corrected chi connectivity index (χ1v) is 10.0. The summed E-state index contributed by atoms with van der Waals surface area (Å²) in [6, 6.07) is 7.07. The van der Waals surface area contributed by atoms with Crippen LogP contribution in [0.25, 0.3) is 11.4 Å². The van der Waals surface area contributed by atoms with Crippen molar-refractivity contribution in [3.63, 3.8) is 0 Å². The predicted octanol–water partition coefficient (Wildman–Crippen LogP) is 0.0978. The van der Waals surface area contributed by atoms with Crippen molar-refractivity contribution in [3.05, 3.63) is 24.3 Å². The SMILES string of the molecule is COc1cccc(-c2nnnn2C2COC3C(NC(=O)N4CCOCC4)COC32)c1. The summed E-state index contributed by atoms with van der Waals surface area (Å²) in [4.78, 5) is 14.3. The average Bonchev–Trinajstić information content (AvgIpc) is 3.52. The third-order valence-corrected chi connectivity index (χ3v) is 5.77. The van der Waals surface area contributed by atoms with E-state index in [9.17, 15) is 4.79 Å². The van der Waals surface area contributed by atoms with Gasteiger partial charge in [0.15, 0.2) is 5.82 Å². The number of nitrogens with zero attached hydrogens (tertiary/aromatic N) is 5. The molecule has 30 heavy (non-hydrogen) atoms. The van der Waals surface area contributed by atoms with Gasteiger partial charge >= 0.3 is 6.03 Å². The van der Waals surface area contributed by atoms with Crippen molar-refractivity contribution in [1.29, 1.82) is 0 Å². The number of rotatable bonds is 4. The monoisotopic (exact) mass is 416 g/mol. The summed E-state index contributed by atoms with van der Waals surface area (Å²) in [7, 11) is 1.62. The molecule has 3 fully saturated rings. The van der Waals surface area contributed by atoms with Gasteiger partial charge in [0.05, 0.1) is 39.6 Å². The molecular formula is C19H24N6O5. The fourth-order valence-electron chi connectivity index (χ4n) is 4.20. The Morgan fingerprint density at radius 3 is 2.87 bits per heavy atom. The molecule has 4 atom stereocenters. The highest BCUT2D eigenvalue weighted by atomic mass is 16.6. The highest BCUT2D eigenvalue weighted by Crippen LogP contribution is 2.36. The Balaban J connectivity index is 1.30. The molecule has 0 radical (unpaired) electrons. The first-order chi connectivity index (χ1) is 14.7. The highest BCUT2D eigenvalue weighted by Gasteiger charge is 2.50. The van der Waals surface area contributed by atoms with Crippen LogP contribution in [0.1, 0.15) is 6.04 Å². The van der Waals surface area contributed by atoms with E-state index in [4.69, 9.17) is 18.9 Å². The zero-order valence-corrected chi connectivity index (χ0v) is 16.6. The number of carbonyl (C=O) groups excluding carboxylic acids is 1. The number of nitrogens with one attached hydrogen (secondary N) is 1. The Bertz CT molecular complexity index is 901. The Morgan fingerprint density at radius 1 is 1.20 bits per heavy atom. The number of urea groups is 1. The van der Waals surface area contributed by atoms with Gasteiger partial charge in [-0.1, -0.05) is 12.1 Å². The molecule has 0 aliphatic carbocycles. The quantitative estimate of drug-likeness (QED) is 0.747. The minimum atomic E-state index is -0.248. The van der Waals surface area contributed by atoms with Crippen LogP contribution in [0.2, 0.25) is 0 Å². The Morgan fingerprint density at radius 2 is 2.03 bits per heavy atom. The molecule has 2 aromatic rings. The summed E-state index contributed by atoms with van der Waals surface area (Å²) in [6.45, 7) is 3.09. The Labute approximate surface area is 173 Å². The molecule has 2 amide bonds. The fraction of sp³-hybridized carbons (Fsp3) is 0.579. The van der Waals surface area contributed by atoms with Crippen molar-refractivity contribution in [2.45, 2.75) is 24.3 Å². The van der Waals surface area contributed by atoms with Crippen LogP contribution in [0.5, 0.6) is 5.75 Å². The van der Waals surface area contributed by atoms with E-state index in [1.807, 2.05) is 24.3 Å². The maximum atomic E-state index is 12.6.